The number of carbonyl (C=O) groups is 1. The van der Waals surface area contributed by atoms with E-state index in [2.05, 4.69) is 15.5 Å². The van der Waals surface area contributed by atoms with Gasteiger partial charge in [0, 0.05) is 23.2 Å². The fourth-order valence-electron chi connectivity index (χ4n) is 2.33. The number of amides is 1. The predicted molar refractivity (Wildman–Crippen MR) is 84.9 cm³/mol. The molecule has 0 radical (unpaired) electrons. The zero-order valence-corrected chi connectivity index (χ0v) is 13.7. The summed E-state index contributed by atoms with van der Waals surface area (Å²) in [7, 11) is 0. The van der Waals surface area contributed by atoms with Crippen LogP contribution in [-0.2, 0) is 11.2 Å². The zero-order valence-electron chi connectivity index (χ0n) is 12.2. The molecule has 0 unspecified atom stereocenters. The van der Waals surface area contributed by atoms with E-state index >= 15 is 0 Å². The quantitative estimate of drug-likeness (QED) is 0.892. The minimum Gasteiger partial charge on any atom is -0.417 e. The van der Waals surface area contributed by atoms with Gasteiger partial charge in [0.2, 0.25) is 5.89 Å². The number of aromatic nitrogens is 2. The molecule has 1 aromatic carbocycles. The highest BCUT2D eigenvalue weighted by Gasteiger charge is 2.20. The van der Waals surface area contributed by atoms with Gasteiger partial charge in [0.05, 0.1) is 12.5 Å². The lowest BCUT2D eigenvalue weighted by molar-refractivity contribution is 0.0828. The first-order chi connectivity index (χ1) is 11.1. The van der Waals surface area contributed by atoms with Crippen LogP contribution in [0.2, 0.25) is 10.0 Å². The van der Waals surface area contributed by atoms with Gasteiger partial charge in [-0.05, 0) is 30.5 Å². The second-order valence-electron chi connectivity index (χ2n) is 5.26. The molecular weight excluding hydrogens is 341 g/mol. The van der Waals surface area contributed by atoms with E-state index in [-0.39, 0.29) is 12.0 Å². The van der Waals surface area contributed by atoms with Crippen molar-refractivity contribution in [1.29, 1.82) is 0 Å². The van der Waals surface area contributed by atoms with Crippen LogP contribution < -0.4 is 5.32 Å². The van der Waals surface area contributed by atoms with Crippen LogP contribution in [0.5, 0.6) is 0 Å². The van der Waals surface area contributed by atoms with Gasteiger partial charge in [-0.3, -0.25) is 4.79 Å². The summed E-state index contributed by atoms with van der Waals surface area (Å²) in [5.41, 5.74) is 0.797. The van der Waals surface area contributed by atoms with E-state index in [9.17, 15) is 4.79 Å². The van der Waals surface area contributed by atoms with Crippen LogP contribution in [0.15, 0.2) is 22.6 Å². The van der Waals surface area contributed by atoms with Crippen molar-refractivity contribution in [2.24, 2.45) is 0 Å². The monoisotopic (exact) mass is 355 g/mol. The predicted octanol–water partition coefficient (Wildman–Crippen LogP) is 2.88. The van der Waals surface area contributed by atoms with Crippen LogP contribution in [0, 0.1) is 0 Å². The zero-order chi connectivity index (χ0) is 16.2. The van der Waals surface area contributed by atoms with Crippen molar-refractivity contribution in [2.75, 3.05) is 13.2 Å². The molecule has 1 N–H and O–H groups in total. The Morgan fingerprint density at radius 1 is 1.35 bits per heavy atom. The third-order valence-corrected chi connectivity index (χ3v) is 4.12. The van der Waals surface area contributed by atoms with E-state index in [1.54, 1.807) is 18.2 Å². The molecule has 0 spiro atoms. The summed E-state index contributed by atoms with van der Waals surface area (Å²) in [6, 6.07) is 5.16. The van der Waals surface area contributed by atoms with Gasteiger partial charge in [-0.15, -0.1) is 10.2 Å². The van der Waals surface area contributed by atoms with E-state index in [0.29, 0.717) is 28.9 Å². The lowest BCUT2D eigenvalue weighted by Gasteiger charge is -2.08. The molecule has 0 saturated carbocycles. The number of nitrogens with one attached hydrogen (secondary N) is 1. The first-order valence-corrected chi connectivity index (χ1v) is 8.03. The topological polar surface area (TPSA) is 77.2 Å². The first kappa shape index (κ1) is 16.2. The minimum atomic E-state index is -0.401. The smallest absolute Gasteiger partial charge is 0.308 e. The maximum absolute atomic E-state index is 12.0. The summed E-state index contributed by atoms with van der Waals surface area (Å²) in [5, 5.41) is 11.4. The van der Waals surface area contributed by atoms with E-state index in [4.69, 9.17) is 32.4 Å². The molecule has 23 heavy (non-hydrogen) atoms. The fraction of sp³-hybridized carbons (Fsp3) is 0.400. The summed E-state index contributed by atoms with van der Waals surface area (Å²) >= 11 is 12.0. The van der Waals surface area contributed by atoms with Gasteiger partial charge in [0.15, 0.2) is 0 Å². The van der Waals surface area contributed by atoms with Crippen molar-refractivity contribution >= 4 is 29.1 Å². The Kier molecular flexibility index (Phi) is 5.15. The molecule has 122 valence electrons. The molecule has 8 heteroatoms. The van der Waals surface area contributed by atoms with Crippen molar-refractivity contribution in [3.63, 3.8) is 0 Å². The summed E-state index contributed by atoms with van der Waals surface area (Å²) < 4.78 is 10.8. The highest BCUT2D eigenvalue weighted by atomic mass is 35.5. The van der Waals surface area contributed by atoms with Crippen LogP contribution in [-0.4, -0.2) is 35.4 Å². The number of rotatable bonds is 5. The van der Waals surface area contributed by atoms with Gasteiger partial charge in [-0.2, -0.15) is 0 Å². The summed E-state index contributed by atoms with van der Waals surface area (Å²) in [6.45, 7) is 1.19. The first-order valence-electron chi connectivity index (χ1n) is 7.28. The summed E-state index contributed by atoms with van der Waals surface area (Å²) in [5.74, 6) is -0.152. The van der Waals surface area contributed by atoms with Crippen LogP contribution in [0.1, 0.15) is 35.0 Å². The minimum absolute atomic E-state index is 0.0641. The average Bonchev–Trinajstić information content (AvgIpc) is 3.19. The van der Waals surface area contributed by atoms with E-state index < -0.39 is 5.91 Å². The van der Waals surface area contributed by atoms with Gasteiger partial charge in [-0.25, -0.2) is 0 Å². The normalized spacial score (nSPS) is 17.4. The third kappa shape index (κ3) is 4.22. The van der Waals surface area contributed by atoms with E-state index in [0.717, 1.165) is 25.0 Å². The second-order valence-corrected chi connectivity index (χ2v) is 6.10. The maximum atomic E-state index is 12.0. The Bertz CT molecular complexity index is 699. The number of hydrogen-bond acceptors (Lipinski definition) is 5. The summed E-state index contributed by atoms with van der Waals surface area (Å²) in [6.07, 6.45) is 2.37. The Balaban J connectivity index is 1.59. The van der Waals surface area contributed by atoms with Gasteiger partial charge < -0.3 is 14.5 Å². The number of halogens is 2. The third-order valence-electron chi connectivity index (χ3n) is 3.53. The molecule has 1 aliphatic rings. The Hall–Kier alpha value is -1.63. The molecule has 1 amide bonds. The molecule has 3 rings (SSSR count). The Morgan fingerprint density at radius 2 is 2.22 bits per heavy atom. The highest BCUT2D eigenvalue weighted by molar-refractivity contribution is 6.35. The SMILES string of the molecule is O=C(NC[C@@H]1CCCO1)c1nnc(Cc2ccc(Cl)cc2Cl)o1. The van der Waals surface area contributed by atoms with Gasteiger partial charge in [-0.1, -0.05) is 29.3 Å². The largest absolute Gasteiger partial charge is 0.417 e. The van der Waals surface area contributed by atoms with Crippen LogP contribution >= 0.6 is 23.2 Å². The molecule has 1 saturated heterocycles. The lowest BCUT2D eigenvalue weighted by atomic mass is 10.1. The number of ether oxygens (including phenoxy) is 1. The van der Waals surface area contributed by atoms with Gasteiger partial charge >= 0.3 is 11.8 Å². The molecule has 0 aliphatic carbocycles. The van der Waals surface area contributed by atoms with Gasteiger partial charge in [0.25, 0.3) is 0 Å². The molecule has 2 aromatic rings. The molecule has 1 aliphatic heterocycles. The van der Waals surface area contributed by atoms with Crippen molar-refractivity contribution in [1.82, 2.24) is 15.5 Å². The van der Waals surface area contributed by atoms with Crippen LogP contribution in [0.3, 0.4) is 0 Å². The number of hydrogen-bond donors (Lipinski definition) is 1. The van der Waals surface area contributed by atoms with Crippen molar-refractivity contribution in [3.8, 4) is 0 Å². The molecule has 2 heterocycles. The number of carbonyl (C=O) groups excluding carboxylic acids is 1. The molecule has 0 bridgehead atoms. The average molecular weight is 356 g/mol. The molecular formula is C15H15Cl2N3O3. The highest BCUT2D eigenvalue weighted by Crippen LogP contribution is 2.23. The molecule has 1 aromatic heterocycles. The summed E-state index contributed by atoms with van der Waals surface area (Å²) in [4.78, 5) is 12.0. The maximum Gasteiger partial charge on any atom is 0.308 e. The fourth-order valence-corrected chi connectivity index (χ4v) is 2.81. The number of nitrogens with zero attached hydrogens (tertiary/aromatic N) is 2. The van der Waals surface area contributed by atoms with E-state index in [1.165, 1.54) is 0 Å². The molecule has 6 nitrogen and oxygen atoms in total. The van der Waals surface area contributed by atoms with Crippen molar-refractivity contribution < 1.29 is 13.9 Å². The Morgan fingerprint density at radius 3 is 2.96 bits per heavy atom. The van der Waals surface area contributed by atoms with Crippen LogP contribution in [0.25, 0.3) is 0 Å². The molecule has 1 fully saturated rings. The standard InChI is InChI=1S/C15H15Cl2N3O3/c16-10-4-3-9(12(17)7-10)6-13-19-20-15(23-13)14(21)18-8-11-2-1-5-22-11/h3-4,7,11H,1-2,5-6,8H2,(H,18,21)/t11-/m0/s1. The lowest BCUT2D eigenvalue weighted by Crippen LogP contribution is -2.31. The van der Waals surface area contributed by atoms with Gasteiger partial charge in [0.1, 0.15) is 0 Å². The second kappa shape index (κ2) is 7.29. The molecule has 1 atom stereocenters. The van der Waals surface area contributed by atoms with Crippen molar-refractivity contribution in [2.45, 2.75) is 25.4 Å². The van der Waals surface area contributed by atoms with Crippen LogP contribution in [0.4, 0.5) is 0 Å². The van der Waals surface area contributed by atoms with Crippen molar-refractivity contribution in [3.05, 3.63) is 45.6 Å². The Labute approximate surface area is 143 Å². The number of benzene rings is 1. The van der Waals surface area contributed by atoms with E-state index in [1.807, 2.05) is 0 Å².